The monoisotopic (exact) mass is 212 g/mol. The van der Waals surface area contributed by atoms with Crippen molar-refractivity contribution in [1.82, 2.24) is 0 Å². The predicted molar refractivity (Wildman–Crippen MR) is 56.6 cm³/mol. The fourth-order valence-electron chi connectivity index (χ4n) is 1.10. The standard InChI is InChI=1S/C10H13O3P/c1-3-10(13-14(11)12)9-6-4-8(2)5-7-9/h3-7,10-12H,1H2,2H3. The van der Waals surface area contributed by atoms with Crippen molar-refractivity contribution in [3.63, 3.8) is 0 Å². The molecule has 76 valence electrons. The topological polar surface area (TPSA) is 49.7 Å². The first-order valence-corrected chi connectivity index (χ1v) is 5.34. The van der Waals surface area contributed by atoms with E-state index in [9.17, 15) is 0 Å². The Labute approximate surface area is 84.7 Å². The molecular weight excluding hydrogens is 199 g/mol. The average Bonchev–Trinajstić information content (AvgIpc) is 2.15. The van der Waals surface area contributed by atoms with Gasteiger partial charge in [-0.05, 0) is 12.5 Å². The number of rotatable bonds is 4. The molecule has 0 radical (unpaired) electrons. The summed E-state index contributed by atoms with van der Waals surface area (Å²) in [6.45, 7) is 5.56. The first-order valence-electron chi connectivity index (χ1n) is 4.17. The van der Waals surface area contributed by atoms with Crippen LogP contribution in [0.25, 0.3) is 0 Å². The number of aryl methyl sites for hydroxylation is 1. The minimum Gasteiger partial charge on any atom is -0.328 e. The lowest BCUT2D eigenvalue weighted by Gasteiger charge is -2.14. The van der Waals surface area contributed by atoms with Crippen LogP contribution in [-0.4, -0.2) is 9.79 Å². The van der Waals surface area contributed by atoms with E-state index in [2.05, 4.69) is 6.58 Å². The largest absolute Gasteiger partial charge is 0.328 e. The molecule has 0 saturated heterocycles. The minimum atomic E-state index is -2.35. The van der Waals surface area contributed by atoms with Gasteiger partial charge in [-0.25, -0.2) is 0 Å². The fraction of sp³-hybridized carbons (Fsp3) is 0.200. The van der Waals surface area contributed by atoms with Crippen LogP contribution in [0.1, 0.15) is 17.2 Å². The van der Waals surface area contributed by atoms with E-state index in [0.29, 0.717) is 0 Å². The van der Waals surface area contributed by atoms with Crippen molar-refractivity contribution >= 4 is 8.60 Å². The lowest BCUT2D eigenvalue weighted by atomic mass is 10.1. The molecule has 1 atom stereocenters. The number of hydrogen-bond acceptors (Lipinski definition) is 3. The highest BCUT2D eigenvalue weighted by atomic mass is 31.2. The number of hydrogen-bond donors (Lipinski definition) is 2. The van der Waals surface area contributed by atoms with Crippen molar-refractivity contribution in [2.45, 2.75) is 13.0 Å². The molecule has 14 heavy (non-hydrogen) atoms. The summed E-state index contributed by atoms with van der Waals surface area (Å²) < 4.78 is 4.88. The van der Waals surface area contributed by atoms with Crippen LogP contribution in [0.4, 0.5) is 0 Å². The first-order chi connectivity index (χ1) is 6.63. The van der Waals surface area contributed by atoms with Gasteiger partial charge in [0.15, 0.2) is 0 Å². The lowest BCUT2D eigenvalue weighted by molar-refractivity contribution is 0.210. The van der Waals surface area contributed by atoms with Crippen molar-refractivity contribution in [3.05, 3.63) is 48.0 Å². The van der Waals surface area contributed by atoms with Crippen molar-refractivity contribution < 1.29 is 14.3 Å². The Morgan fingerprint density at radius 3 is 2.36 bits per heavy atom. The molecule has 0 amide bonds. The maximum atomic E-state index is 8.72. The Hall–Kier alpha value is -0.730. The molecule has 1 aromatic rings. The van der Waals surface area contributed by atoms with Crippen LogP contribution in [-0.2, 0) is 4.52 Å². The number of benzene rings is 1. The van der Waals surface area contributed by atoms with Crippen LogP contribution in [0.5, 0.6) is 0 Å². The zero-order valence-electron chi connectivity index (χ0n) is 7.92. The summed E-state index contributed by atoms with van der Waals surface area (Å²) in [5, 5.41) is 0. The first kappa shape index (κ1) is 11.3. The Morgan fingerprint density at radius 1 is 1.36 bits per heavy atom. The van der Waals surface area contributed by atoms with E-state index in [1.54, 1.807) is 0 Å². The maximum Gasteiger partial charge on any atom is 0.327 e. The normalized spacial score (nSPS) is 12.9. The van der Waals surface area contributed by atoms with Crippen LogP contribution in [0.3, 0.4) is 0 Å². The van der Waals surface area contributed by atoms with E-state index in [4.69, 9.17) is 14.3 Å². The van der Waals surface area contributed by atoms with E-state index in [0.717, 1.165) is 11.1 Å². The molecule has 0 bridgehead atoms. The third kappa shape index (κ3) is 3.20. The Kier molecular flexibility index (Phi) is 4.23. The van der Waals surface area contributed by atoms with Crippen molar-refractivity contribution in [3.8, 4) is 0 Å². The SMILES string of the molecule is C=CC(OP(O)O)c1ccc(C)cc1. The Bertz CT molecular complexity index is 295. The van der Waals surface area contributed by atoms with Gasteiger partial charge in [0, 0.05) is 0 Å². The summed E-state index contributed by atoms with van der Waals surface area (Å²) in [4.78, 5) is 17.4. The van der Waals surface area contributed by atoms with Gasteiger partial charge in [0.1, 0.15) is 6.10 Å². The predicted octanol–water partition coefficient (Wildman–Crippen LogP) is 2.45. The van der Waals surface area contributed by atoms with Gasteiger partial charge in [0.05, 0.1) is 0 Å². The van der Waals surface area contributed by atoms with Gasteiger partial charge < -0.3 is 14.3 Å². The highest BCUT2D eigenvalue weighted by Crippen LogP contribution is 2.34. The molecule has 0 aliphatic rings. The van der Waals surface area contributed by atoms with Crippen molar-refractivity contribution in [2.24, 2.45) is 0 Å². The van der Waals surface area contributed by atoms with Gasteiger partial charge in [-0.2, -0.15) is 0 Å². The van der Waals surface area contributed by atoms with Crippen LogP contribution in [0.2, 0.25) is 0 Å². The van der Waals surface area contributed by atoms with Crippen LogP contribution < -0.4 is 0 Å². The smallest absolute Gasteiger partial charge is 0.327 e. The Morgan fingerprint density at radius 2 is 1.93 bits per heavy atom. The van der Waals surface area contributed by atoms with E-state index in [1.165, 1.54) is 6.08 Å². The summed E-state index contributed by atoms with van der Waals surface area (Å²) in [5.74, 6) is 0. The van der Waals surface area contributed by atoms with E-state index < -0.39 is 14.7 Å². The van der Waals surface area contributed by atoms with Crippen LogP contribution in [0.15, 0.2) is 36.9 Å². The summed E-state index contributed by atoms with van der Waals surface area (Å²) in [6.07, 6.45) is 1.07. The van der Waals surface area contributed by atoms with Crippen molar-refractivity contribution in [1.29, 1.82) is 0 Å². The molecule has 4 heteroatoms. The van der Waals surface area contributed by atoms with Crippen molar-refractivity contribution in [2.75, 3.05) is 0 Å². The second kappa shape index (κ2) is 5.23. The molecule has 0 saturated carbocycles. The molecule has 0 spiro atoms. The maximum absolute atomic E-state index is 8.72. The van der Waals surface area contributed by atoms with Gasteiger partial charge in [-0.1, -0.05) is 35.9 Å². The van der Waals surface area contributed by atoms with Gasteiger partial charge in [-0.15, -0.1) is 6.58 Å². The third-order valence-electron chi connectivity index (χ3n) is 1.83. The second-order valence-corrected chi connectivity index (χ2v) is 3.64. The molecule has 0 fully saturated rings. The summed E-state index contributed by atoms with van der Waals surface area (Å²) >= 11 is 0. The summed E-state index contributed by atoms with van der Waals surface area (Å²) in [6, 6.07) is 7.62. The lowest BCUT2D eigenvalue weighted by Crippen LogP contribution is -1.97. The van der Waals surface area contributed by atoms with Crippen LogP contribution >= 0.6 is 8.60 Å². The van der Waals surface area contributed by atoms with Gasteiger partial charge >= 0.3 is 8.60 Å². The quantitative estimate of drug-likeness (QED) is 0.595. The molecule has 0 aliphatic carbocycles. The summed E-state index contributed by atoms with van der Waals surface area (Å²) in [7, 11) is -2.35. The van der Waals surface area contributed by atoms with Gasteiger partial charge in [-0.3, -0.25) is 0 Å². The molecular formula is C10H13O3P. The van der Waals surface area contributed by atoms with E-state index in [-0.39, 0.29) is 0 Å². The Balaban J connectivity index is 2.78. The molecule has 0 aliphatic heterocycles. The van der Waals surface area contributed by atoms with E-state index >= 15 is 0 Å². The molecule has 0 heterocycles. The molecule has 1 rings (SSSR count). The molecule has 1 aromatic carbocycles. The second-order valence-electron chi connectivity index (χ2n) is 2.93. The highest BCUT2D eigenvalue weighted by Gasteiger charge is 2.12. The zero-order valence-corrected chi connectivity index (χ0v) is 8.82. The molecule has 1 unspecified atom stereocenters. The van der Waals surface area contributed by atoms with Gasteiger partial charge in [0.2, 0.25) is 0 Å². The van der Waals surface area contributed by atoms with Gasteiger partial charge in [0.25, 0.3) is 0 Å². The zero-order chi connectivity index (χ0) is 10.6. The highest BCUT2D eigenvalue weighted by molar-refractivity contribution is 7.39. The molecule has 3 nitrogen and oxygen atoms in total. The minimum absolute atomic E-state index is 0.461. The molecule has 2 N–H and O–H groups in total. The fourth-order valence-corrected chi connectivity index (χ4v) is 1.51. The summed E-state index contributed by atoms with van der Waals surface area (Å²) in [5.41, 5.74) is 2.01. The third-order valence-corrected chi connectivity index (χ3v) is 2.24. The average molecular weight is 212 g/mol. The molecule has 0 aromatic heterocycles. The van der Waals surface area contributed by atoms with E-state index in [1.807, 2.05) is 31.2 Å². The van der Waals surface area contributed by atoms with Crippen LogP contribution in [0, 0.1) is 6.92 Å².